The number of benzene rings is 1. The Morgan fingerprint density at radius 3 is 2.69 bits per heavy atom. The Morgan fingerprint density at radius 1 is 1.38 bits per heavy atom. The van der Waals surface area contributed by atoms with Gasteiger partial charge in [-0.1, -0.05) is 18.2 Å². The summed E-state index contributed by atoms with van der Waals surface area (Å²) in [7, 11) is 0. The molecule has 0 saturated heterocycles. The minimum Gasteiger partial charge on any atom is -0.462 e. The molecule has 69 valence electrons. The highest BCUT2D eigenvalue weighted by Gasteiger charge is 2.10. The van der Waals surface area contributed by atoms with Gasteiger partial charge in [0.05, 0.1) is 12.2 Å². The zero-order valence-electron chi connectivity index (χ0n) is 7.45. The SMILES string of the molecule is CCOC(=O)c1ccccc1C[O]. The van der Waals surface area contributed by atoms with Gasteiger partial charge in [0.1, 0.15) is 6.61 Å². The average Bonchev–Trinajstić information content (AvgIpc) is 2.18. The molecular formula is C10H11O3. The summed E-state index contributed by atoms with van der Waals surface area (Å²) >= 11 is 0. The van der Waals surface area contributed by atoms with Crippen molar-refractivity contribution < 1.29 is 14.6 Å². The number of carbonyl (C=O) groups excluding carboxylic acids is 1. The maximum atomic E-state index is 11.3. The number of carbonyl (C=O) groups is 1. The first kappa shape index (κ1) is 9.74. The third-order valence-electron chi connectivity index (χ3n) is 1.67. The molecule has 0 N–H and O–H groups in total. The van der Waals surface area contributed by atoms with E-state index in [9.17, 15) is 9.90 Å². The van der Waals surface area contributed by atoms with Crippen molar-refractivity contribution in [2.45, 2.75) is 13.5 Å². The maximum absolute atomic E-state index is 11.3. The molecule has 13 heavy (non-hydrogen) atoms. The van der Waals surface area contributed by atoms with Gasteiger partial charge in [-0.2, -0.15) is 0 Å². The van der Waals surface area contributed by atoms with Crippen LogP contribution in [0.4, 0.5) is 0 Å². The first-order valence-corrected chi connectivity index (χ1v) is 4.12. The molecule has 0 aliphatic carbocycles. The third-order valence-corrected chi connectivity index (χ3v) is 1.67. The molecule has 3 nitrogen and oxygen atoms in total. The van der Waals surface area contributed by atoms with Crippen molar-refractivity contribution >= 4 is 5.97 Å². The van der Waals surface area contributed by atoms with E-state index < -0.39 is 12.6 Å². The van der Waals surface area contributed by atoms with E-state index in [0.29, 0.717) is 17.7 Å². The van der Waals surface area contributed by atoms with Gasteiger partial charge in [-0.05, 0) is 18.6 Å². The van der Waals surface area contributed by atoms with Crippen LogP contribution in [0.1, 0.15) is 22.8 Å². The topological polar surface area (TPSA) is 46.2 Å². The Morgan fingerprint density at radius 2 is 2.08 bits per heavy atom. The second kappa shape index (κ2) is 4.62. The Hall–Kier alpha value is -1.35. The summed E-state index contributed by atoms with van der Waals surface area (Å²) in [5.74, 6) is -0.422. The highest BCUT2D eigenvalue weighted by molar-refractivity contribution is 5.90. The molecule has 1 aromatic rings. The van der Waals surface area contributed by atoms with Gasteiger partial charge in [0.15, 0.2) is 0 Å². The van der Waals surface area contributed by atoms with Crippen LogP contribution in [-0.4, -0.2) is 12.6 Å². The Balaban J connectivity index is 2.92. The third kappa shape index (κ3) is 2.29. The second-order valence-corrected chi connectivity index (χ2v) is 2.52. The quantitative estimate of drug-likeness (QED) is 0.664. The lowest BCUT2D eigenvalue weighted by molar-refractivity contribution is 0.0520. The van der Waals surface area contributed by atoms with Gasteiger partial charge >= 0.3 is 5.97 Å². The molecule has 0 aliphatic heterocycles. The predicted octanol–water partition coefficient (Wildman–Crippen LogP) is 1.79. The van der Waals surface area contributed by atoms with Crippen LogP contribution in [0.3, 0.4) is 0 Å². The summed E-state index contributed by atoms with van der Waals surface area (Å²) in [4.78, 5) is 11.3. The molecule has 0 atom stereocenters. The Labute approximate surface area is 77.0 Å². The molecule has 0 aromatic heterocycles. The standard InChI is InChI=1S/C10H11O3/c1-2-13-10(12)9-6-4-3-5-8(9)7-11/h3-6H,2,7H2,1H3. The van der Waals surface area contributed by atoms with Crippen LogP contribution in [0.15, 0.2) is 24.3 Å². The average molecular weight is 179 g/mol. The van der Waals surface area contributed by atoms with Gasteiger partial charge in [0, 0.05) is 0 Å². The molecule has 0 fully saturated rings. The monoisotopic (exact) mass is 179 g/mol. The molecule has 0 saturated carbocycles. The molecule has 3 heteroatoms. The zero-order valence-corrected chi connectivity index (χ0v) is 7.45. The normalized spacial score (nSPS) is 9.69. The van der Waals surface area contributed by atoms with E-state index in [1.807, 2.05) is 0 Å². The molecule has 0 heterocycles. The minimum atomic E-state index is -0.422. The molecule has 0 unspecified atom stereocenters. The summed E-state index contributed by atoms with van der Waals surface area (Å²) in [6.07, 6.45) is 0. The van der Waals surface area contributed by atoms with Crippen LogP contribution < -0.4 is 0 Å². The van der Waals surface area contributed by atoms with Crippen LogP contribution in [0.25, 0.3) is 0 Å². The van der Waals surface area contributed by atoms with Crippen LogP contribution in [0.2, 0.25) is 0 Å². The first-order chi connectivity index (χ1) is 6.29. The van der Waals surface area contributed by atoms with E-state index in [1.165, 1.54) is 0 Å². The van der Waals surface area contributed by atoms with Gasteiger partial charge in [0.2, 0.25) is 0 Å². The highest BCUT2D eigenvalue weighted by atomic mass is 16.5. The molecule has 1 radical (unpaired) electrons. The van der Waals surface area contributed by atoms with E-state index in [2.05, 4.69) is 0 Å². The lowest BCUT2D eigenvalue weighted by Crippen LogP contribution is -2.07. The van der Waals surface area contributed by atoms with Crippen LogP contribution >= 0.6 is 0 Å². The Kier molecular flexibility index (Phi) is 3.46. The van der Waals surface area contributed by atoms with Crippen molar-refractivity contribution in [2.75, 3.05) is 6.61 Å². The van der Waals surface area contributed by atoms with Crippen molar-refractivity contribution in [3.05, 3.63) is 35.4 Å². The van der Waals surface area contributed by atoms with Gasteiger partial charge in [-0.3, -0.25) is 0 Å². The molecular weight excluding hydrogens is 168 g/mol. The van der Waals surface area contributed by atoms with Crippen molar-refractivity contribution in [1.82, 2.24) is 0 Å². The van der Waals surface area contributed by atoms with E-state index in [1.54, 1.807) is 31.2 Å². The lowest BCUT2D eigenvalue weighted by Gasteiger charge is -2.04. The second-order valence-electron chi connectivity index (χ2n) is 2.52. The maximum Gasteiger partial charge on any atom is 0.338 e. The molecule has 1 rings (SSSR count). The molecule has 1 aromatic carbocycles. The smallest absolute Gasteiger partial charge is 0.338 e. The van der Waals surface area contributed by atoms with Gasteiger partial charge < -0.3 is 4.74 Å². The lowest BCUT2D eigenvalue weighted by atomic mass is 10.1. The van der Waals surface area contributed by atoms with Gasteiger partial charge in [-0.15, -0.1) is 0 Å². The number of ether oxygens (including phenoxy) is 1. The molecule has 0 aliphatic rings. The highest BCUT2D eigenvalue weighted by Crippen LogP contribution is 2.09. The molecule has 0 amide bonds. The van der Waals surface area contributed by atoms with Crippen molar-refractivity contribution in [2.24, 2.45) is 0 Å². The molecule has 0 spiro atoms. The van der Waals surface area contributed by atoms with E-state index >= 15 is 0 Å². The summed E-state index contributed by atoms with van der Waals surface area (Å²) in [5, 5.41) is 10.7. The summed E-state index contributed by atoms with van der Waals surface area (Å²) in [5.41, 5.74) is 0.861. The van der Waals surface area contributed by atoms with Crippen LogP contribution in [0, 0.1) is 0 Å². The summed E-state index contributed by atoms with van der Waals surface area (Å²) in [6, 6.07) is 6.69. The minimum absolute atomic E-state index is 0.325. The fourth-order valence-corrected chi connectivity index (χ4v) is 1.05. The fraction of sp³-hybridized carbons (Fsp3) is 0.300. The first-order valence-electron chi connectivity index (χ1n) is 4.12. The van der Waals surface area contributed by atoms with Crippen LogP contribution in [0.5, 0.6) is 0 Å². The fourth-order valence-electron chi connectivity index (χ4n) is 1.05. The van der Waals surface area contributed by atoms with Gasteiger partial charge in [0.25, 0.3) is 0 Å². The summed E-state index contributed by atoms with van der Waals surface area (Å²) in [6.45, 7) is 1.67. The van der Waals surface area contributed by atoms with Crippen molar-refractivity contribution in [1.29, 1.82) is 0 Å². The largest absolute Gasteiger partial charge is 0.462 e. The number of rotatable bonds is 3. The van der Waals surface area contributed by atoms with Crippen LogP contribution in [-0.2, 0) is 16.5 Å². The molecule has 0 bridgehead atoms. The van der Waals surface area contributed by atoms with Crippen molar-refractivity contribution in [3.63, 3.8) is 0 Å². The van der Waals surface area contributed by atoms with E-state index in [4.69, 9.17) is 4.74 Å². The van der Waals surface area contributed by atoms with Crippen molar-refractivity contribution in [3.8, 4) is 0 Å². The number of hydrogen-bond acceptors (Lipinski definition) is 2. The van der Waals surface area contributed by atoms with Gasteiger partial charge in [-0.25, -0.2) is 9.90 Å². The van der Waals surface area contributed by atoms with E-state index in [-0.39, 0.29) is 0 Å². The number of hydrogen-bond donors (Lipinski definition) is 0. The van der Waals surface area contributed by atoms with E-state index in [0.717, 1.165) is 0 Å². The predicted molar refractivity (Wildman–Crippen MR) is 46.8 cm³/mol. The Bertz CT molecular complexity index is 294. The zero-order chi connectivity index (χ0) is 9.68. The number of esters is 1. The summed E-state index contributed by atoms with van der Waals surface area (Å²) < 4.78 is 4.79.